The van der Waals surface area contributed by atoms with Crippen molar-refractivity contribution >= 4 is 23.4 Å². The summed E-state index contributed by atoms with van der Waals surface area (Å²) in [5.74, 6) is 8.86. The van der Waals surface area contributed by atoms with E-state index in [4.69, 9.17) is 23.3 Å². The maximum Gasteiger partial charge on any atom is 0.266 e. The molecule has 6 nitrogen and oxygen atoms in total. The van der Waals surface area contributed by atoms with Gasteiger partial charge in [0.05, 0.1) is 10.6 Å². The van der Waals surface area contributed by atoms with Crippen molar-refractivity contribution in [1.29, 1.82) is 0 Å². The number of nitrogen functional groups attached to an aromatic ring is 2. The highest BCUT2D eigenvalue weighted by Crippen LogP contribution is 2.17. The van der Waals surface area contributed by atoms with Crippen molar-refractivity contribution in [2.24, 2.45) is 11.7 Å². The molecule has 1 rings (SSSR count). The van der Waals surface area contributed by atoms with Crippen LogP contribution in [0, 0.1) is 0 Å². The maximum atomic E-state index is 11.1. The third kappa shape index (κ3) is 2.44. The average molecular weight is 229 g/mol. The second kappa shape index (κ2) is 4.74. The normalized spacial score (nSPS) is 9.53. The van der Waals surface area contributed by atoms with Crippen LogP contribution in [-0.2, 0) is 0 Å². The van der Waals surface area contributed by atoms with E-state index in [1.807, 2.05) is 10.9 Å². The average Bonchev–Trinajstić information content (AvgIpc) is 2.26. The zero-order valence-electron chi connectivity index (χ0n) is 7.58. The summed E-state index contributed by atoms with van der Waals surface area (Å²) in [4.78, 5) is 22.2. The SMILES string of the molecule is NNC(=O)c1ccc(C(=O)NN)c(Cl)c1. The van der Waals surface area contributed by atoms with Crippen LogP contribution in [0.1, 0.15) is 20.7 Å². The van der Waals surface area contributed by atoms with Gasteiger partial charge >= 0.3 is 0 Å². The van der Waals surface area contributed by atoms with E-state index in [0.717, 1.165) is 0 Å². The molecule has 2 amide bonds. The minimum Gasteiger partial charge on any atom is -0.290 e. The van der Waals surface area contributed by atoms with Gasteiger partial charge in [0.25, 0.3) is 11.8 Å². The molecule has 80 valence electrons. The van der Waals surface area contributed by atoms with Gasteiger partial charge in [-0.15, -0.1) is 0 Å². The quantitative estimate of drug-likeness (QED) is 0.312. The highest BCUT2D eigenvalue weighted by atomic mass is 35.5. The predicted octanol–water partition coefficient (Wildman–Crippen LogP) is -0.453. The van der Waals surface area contributed by atoms with Gasteiger partial charge in [0.2, 0.25) is 0 Å². The third-order valence-electron chi connectivity index (χ3n) is 1.74. The molecule has 0 unspecified atom stereocenters. The molecule has 1 aromatic rings. The Morgan fingerprint density at radius 2 is 1.73 bits per heavy atom. The van der Waals surface area contributed by atoms with Crippen LogP contribution in [0.2, 0.25) is 5.02 Å². The van der Waals surface area contributed by atoms with Gasteiger partial charge in [-0.3, -0.25) is 20.4 Å². The van der Waals surface area contributed by atoms with Crippen LogP contribution in [-0.4, -0.2) is 11.8 Å². The topological polar surface area (TPSA) is 110 Å². The molecule has 6 N–H and O–H groups in total. The summed E-state index contributed by atoms with van der Waals surface area (Å²) in [7, 11) is 0. The van der Waals surface area contributed by atoms with Crippen LogP contribution in [0.3, 0.4) is 0 Å². The van der Waals surface area contributed by atoms with Crippen LogP contribution in [0.4, 0.5) is 0 Å². The molecule has 0 bridgehead atoms. The largest absolute Gasteiger partial charge is 0.290 e. The lowest BCUT2D eigenvalue weighted by molar-refractivity contribution is 0.0942. The van der Waals surface area contributed by atoms with E-state index in [2.05, 4.69) is 0 Å². The fraction of sp³-hybridized carbons (Fsp3) is 0. The van der Waals surface area contributed by atoms with Gasteiger partial charge in [0, 0.05) is 5.56 Å². The molecular weight excluding hydrogens is 220 g/mol. The molecule has 1 aromatic carbocycles. The number of benzene rings is 1. The first-order valence-corrected chi connectivity index (χ1v) is 4.29. The fourth-order valence-corrected chi connectivity index (χ4v) is 1.27. The summed E-state index contributed by atoms with van der Waals surface area (Å²) in [5.41, 5.74) is 4.33. The summed E-state index contributed by atoms with van der Waals surface area (Å²) >= 11 is 5.77. The summed E-state index contributed by atoms with van der Waals surface area (Å²) < 4.78 is 0. The predicted molar refractivity (Wildman–Crippen MR) is 54.8 cm³/mol. The van der Waals surface area contributed by atoms with Crippen molar-refractivity contribution in [3.8, 4) is 0 Å². The van der Waals surface area contributed by atoms with E-state index in [9.17, 15) is 9.59 Å². The summed E-state index contributed by atoms with van der Waals surface area (Å²) in [6, 6.07) is 4.13. The molecule has 0 atom stereocenters. The molecule has 0 saturated carbocycles. The lowest BCUT2D eigenvalue weighted by atomic mass is 10.1. The number of carbonyl (C=O) groups excluding carboxylic acids is 2. The molecule has 0 aromatic heterocycles. The molecule has 0 aliphatic rings. The Morgan fingerprint density at radius 1 is 1.13 bits per heavy atom. The van der Waals surface area contributed by atoms with E-state index >= 15 is 0 Å². The third-order valence-corrected chi connectivity index (χ3v) is 2.05. The standard InChI is InChI=1S/C8H9ClN4O2/c9-6-3-4(7(14)12-10)1-2-5(6)8(15)13-11/h1-3H,10-11H2,(H,12,14)(H,13,15). The second-order valence-electron chi connectivity index (χ2n) is 2.64. The van der Waals surface area contributed by atoms with Crippen molar-refractivity contribution < 1.29 is 9.59 Å². The Bertz CT molecular complexity index is 408. The van der Waals surface area contributed by atoms with Gasteiger partial charge in [-0.2, -0.15) is 0 Å². The van der Waals surface area contributed by atoms with Crippen molar-refractivity contribution in [2.75, 3.05) is 0 Å². The number of hydrogen-bond donors (Lipinski definition) is 4. The molecule has 0 fully saturated rings. The molecule has 0 heterocycles. The van der Waals surface area contributed by atoms with Crippen molar-refractivity contribution in [3.05, 3.63) is 34.3 Å². The minimum atomic E-state index is -0.528. The molecule has 0 radical (unpaired) electrons. The number of amides is 2. The molecule has 0 aliphatic carbocycles. The van der Waals surface area contributed by atoms with Crippen molar-refractivity contribution in [1.82, 2.24) is 10.9 Å². The molecular formula is C8H9ClN4O2. The number of nitrogens with two attached hydrogens (primary N) is 2. The zero-order valence-corrected chi connectivity index (χ0v) is 8.34. The van der Waals surface area contributed by atoms with Crippen LogP contribution in [0.25, 0.3) is 0 Å². The molecule has 7 heteroatoms. The Labute approximate surface area is 90.5 Å². The Kier molecular flexibility index (Phi) is 3.62. The number of hydrazine groups is 2. The number of carbonyl (C=O) groups is 2. The van der Waals surface area contributed by atoms with Gasteiger partial charge in [-0.05, 0) is 18.2 Å². The van der Waals surface area contributed by atoms with Crippen LogP contribution >= 0.6 is 11.6 Å². The molecule has 0 saturated heterocycles. The number of rotatable bonds is 2. The van der Waals surface area contributed by atoms with Gasteiger partial charge in [0.1, 0.15) is 0 Å². The van der Waals surface area contributed by atoms with E-state index in [0.29, 0.717) is 0 Å². The van der Waals surface area contributed by atoms with Crippen molar-refractivity contribution in [3.63, 3.8) is 0 Å². The highest BCUT2D eigenvalue weighted by Gasteiger charge is 2.11. The highest BCUT2D eigenvalue weighted by molar-refractivity contribution is 6.34. The second-order valence-corrected chi connectivity index (χ2v) is 3.05. The first-order chi connectivity index (χ1) is 7.10. The van der Waals surface area contributed by atoms with Gasteiger partial charge in [0.15, 0.2) is 0 Å². The Morgan fingerprint density at radius 3 is 2.20 bits per heavy atom. The number of halogens is 1. The van der Waals surface area contributed by atoms with E-state index < -0.39 is 11.8 Å². The van der Waals surface area contributed by atoms with Crippen LogP contribution < -0.4 is 22.5 Å². The van der Waals surface area contributed by atoms with Crippen LogP contribution in [0.5, 0.6) is 0 Å². The Hall–Kier alpha value is -1.63. The first-order valence-electron chi connectivity index (χ1n) is 3.91. The van der Waals surface area contributed by atoms with Gasteiger partial charge in [-0.25, -0.2) is 11.7 Å². The van der Waals surface area contributed by atoms with E-state index in [1.54, 1.807) is 0 Å². The van der Waals surface area contributed by atoms with E-state index in [-0.39, 0.29) is 16.1 Å². The van der Waals surface area contributed by atoms with E-state index in [1.165, 1.54) is 18.2 Å². The van der Waals surface area contributed by atoms with Gasteiger partial charge < -0.3 is 0 Å². The molecule has 0 aliphatic heterocycles. The van der Waals surface area contributed by atoms with Gasteiger partial charge in [-0.1, -0.05) is 11.6 Å². The maximum absolute atomic E-state index is 11.1. The first kappa shape index (κ1) is 11.4. The summed E-state index contributed by atoms with van der Waals surface area (Å²) in [6.45, 7) is 0. The monoisotopic (exact) mass is 228 g/mol. The Balaban J connectivity index is 3.08. The lowest BCUT2D eigenvalue weighted by Gasteiger charge is -2.04. The number of nitrogens with one attached hydrogen (secondary N) is 2. The summed E-state index contributed by atoms with van der Waals surface area (Å²) in [6.07, 6.45) is 0. The number of hydrogen-bond acceptors (Lipinski definition) is 4. The molecule has 0 spiro atoms. The minimum absolute atomic E-state index is 0.124. The fourth-order valence-electron chi connectivity index (χ4n) is 1.00. The smallest absolute Gasteiger partial charge is 0.266 e. The lowest BCUT2D eigenvalue weighted by Crippen LogP contribution is -2.31. The zero-order chi connectivity index (χ0) is 11.4. The summed E-state index contributed by atoms with van der Waals surface area (Å²) in [5, 5.41) is 0.124. The van der Waals surface area contributed by atoms with Crippen molar-refractivity contribution in [2.45, 2.75) is 0 Å². The van der Waals surface area contributed by atoms with Crippen LogP contribution in [0.15, 0.2) is 18.2 Å². The molecule has 15 heavy (non-hydrogen) atoms.